The summed E-state index contributed by atoms with van der Waals surface area (Å²) in [5, 5.41) is 14.3. The van der Waals surface area contributed by atoms with Crippen LogP contribution in [0.5, 0.6) is 0 Å². The summed E-state index contributed by atoms with van der Waals surface area (Å²) in [6.07, 6.45) is -0.312. The highest BCUT2D eigenvalue weighted by Gasteiger charge is 2.12. The Kier molecular flexibility index (Phi) is 5.11. The summed E-state index contributed by atoms with van der Waals surface area (Å²) in [6.45, 7) is 3.87. The Hall–Kier alpha value is -3.13. The molecule has 0 aliphatic rings. The molecule has 23 heavy (non-hydrogen) atoms. The summed E-state index contributed by atoms with van der Waals surface area (Å²) in [5.41, 5.74) is 3.49. The summed E-state index contributed by atoms with van der Waals surface area (Å²) < 4.78 is 0. The minimum absolute atomic E-state index is 0.312. The van der Waals surface area contributed by atoms with Crippen LogP contribution in [0.1, 0.15) is 23.1 Å². The van der Waals surface area contributed by atoms with Gasteiger partial charge in [0, 0.05) is 5.69 Å². The van der Waals surface area contributed by atoms with Crippen molar-refractivity contribution < 1.29 is 9.59 Å². The molecule has 0 saturated carbocycles. The van der Waals surface area contributed by atoms with Gasteiger partial charge in [0.2, 0.25) is 11.8 Å². The van der Waals surface area contributed by atoms with E-state index in [2.05, 4.69) is 10.6 Å². The monoisotopic (exact) mass is 307 g/mol. The van der Waals surface area contributed by atoms with Gasteiger partial charge in [-0.25, -0.2) is 0 Å². The van der Waals surface area contributed by atoms with Crippen LogP contribution < -0.4 is 10.6 Å². The molecule has 0 spiro atoms. The van der Waals surface area contributed by atoms with Gasteiger partial charge in [0.1, 0.15) is 12.5 Å². The fraction of sp³-hybridized carbons (Fsp3) is 0.167. The average Bonchev–Trinajstić information content (AvgIpc) is 2.52. The first-order valence-electron chi connectivity index (χ1n) is 7.16. The number of carbonyl (C=O) groups is 2. The van der Waals surface area contributed by atoms with Gasteiger partial charge in [0.05, 0.1) is 11.3 Å². The number of anilines is 2. The predicted molar refractivity (Wildman–Crippen MR) is 88.9 cm³/mol. The highest BCUT2D eigenvalue weighted by Crippen LogP contribution is 2.18. The molecule has 116 valence electrons. The smallest absolute Gasteiger partial charge is 0.233 e. The second-order valence-corrected chi connectivity index (χ2v) is 5.18. The standard InChI is InChI=1S/C18H17N3O2/c1-12-6-5-9-15(13(12)2)20-17(22)10-18(23)21-16-8-4-3-7-14(16)11-19/h3-9H,10H2,1-2H3,(H,20,22)(H,21,23). The van der Waals surface area contributed by atoms with Gasteiger partial charge in [-0.1, -0.05) is 24.3 Å². The number of nitriles is 1. The van der Waals surface area contributed by atoms with E-state index in [1.807, 2.05) is 32.0 Å². The molecule has 0 unspecified atom stereocenters. The van der Waals surface area contributed by atoms with Crippen molar-refractivity contribution >= 4 is 23.2 Å². The first-order chi connectivity index (χ1) is 11.0. The zero-order valence-electron chi connectivity index (χ0n) is 13.0. The molecule has 0 bridgehead atoms. The normalized spacial score (nSPS) is 9.78. The number of hydrogen-bond acceptors (Lipinski definition) is 3. The third-order valence-corrected chi connectivity index (χ3v) is 3.52. The van der Waals surface area contributed by atoms with Crippen LogP contribution in [0.2, 0.25) is 0 Å². The van der Waals surface area contributed by atoms with Crippen LogP contribution in [-0.2, 0) is 9.59 Å². The molecular weight excluding hydrogens is 290 g/mol. The maximum Gasteiger partial charge on any atom is 0.233 e. The summed E-state index contributed by atoms with van der Waals surface area (Å²) >= 11 is 0. The molecule has 2 N–H and O–H groups in total. The van der Waals surface area contributed by atoms with Crippen LogP contribution in [0.3, 0.4) is 0 Å². The van der Waals surface area contributed by atoms with Crippen molar-refractivity contribution in [3.63, 3.8) is 0 Å². The number of amides is 2. The molecule has 2 aromatic carbocycles. The molecule has 2 aromatic rings. The van der Waals surface area contributed by atoms with Gasteiger partial charge in [0.15, 0.2) is 0 Å². The third kappa shape index (κ3) is 4.17. The van der Waals surface area contributed by atoms with Crippen LogP contribution in [-0.4, -0.2) is 11.8 Å². The number of rotatable bonds is 4. The molecule has 2 amide bonds. The fourth-order valence-electron chi connectivity index (χ4n) is 2.11. The largest absolute Gasteiger partial charge is 0.325 e. The Morgan fingerprint density at radius 3 is 2.26 bits per heavy atom. The number of carbonyl (C=O) groups excluding carboxylic acids is 2. The van der Waals surface area contributed by atoms with Gasteiger partial charge in [0.25, 0.3) is 0 Å². The molecule has 5 heteroatoms. The molecule has 0 aliphatic heterocycles. The Morgan fingerprint density at radius 2 is 1.57 bits per heavy atom. The zero-order chi connectivity index (χ0) is 16.8. The number of nitrogens with zero attached hydrogens (tertiary/aromatic N) is 1. The van der Waals surface area contributed by atoms with Crippen molar-refractivity contribution in [1.82, 2.24) is 0 Å². The van der Waals surface area contributed by atoms with Gasteiger partial charge in [-0.3, -0.25) is 9.59 Å². The van der Waals surface area contributed by atoms with E-state index in [-0.39, 0.29) is 6.42 Å². The maximum atomic E-state index is 12.0. The maximum absolute atomic E-state index is 12.0. The summed E-state index contributed by atoms with van der Waals surface area (Å²) in [6, 6.07) is 14.2. The van der Waals surface area contributed by atoms with E-state index in [1.165, 1.54) is 0 Å². The molecular formula is C18H17N3O2. The molecule has 2 rings (SSSR count). The quantitative estimate of drug-likeness (QED) is 0.851. The predicted octanol–water partition coefficient (Wildman–Crippen LogP) is 3.14. The minimum Gasteiger partial charge on any atom is -0.325 e. The van der Waals surface area contributed by atoms with Gasteiger partial charge in [-0.2, -0.15) is 5.26 Å². The van der Waals surface area contributed by atoms with Crippen molar-refractivity contribution in [2.75, 3.05) is 10.6 Å². The van der Waals surface area contributed by atoms with Crippen LogP contribution in [0.15, 0.2) is 42.5 Å². The molecule has 5 nitrogen and oxygen atoms in total. The van der Waals surface area contributed by atoms with Crippen molar-refractivity contribution in [3.8, 4) is 6.07 Å². The molecule has 0 fully saturated rings. The fourth-order valence-corrected chi connectivity index (χ4v) is 2.11. The Bertz CT molecular complexity index is 791. The van der Waals surface area contributed by atoms with Gasteiger partial charge < -0.3 is 10.6 Å². The lowest BCUT2D eigenvalue weighted by Crippen LogP contribution is -2.22. The Morgan fingerprint density at radius 1 is 0.957 bits per heavy atom. The van der Waals surface area contributed by atoms with E-state index in [0.29, 0.717) is 16.9 Å². The third-order valence-electron chi connectivity index (χ3n) is 3.52. The molecule has 0 atom stereocenters. The first-order valence-corrected chi connectivity index (χ1v) is 7.16. The molecule has 0 aliphatic carbocycles. The summed E-state index contributed by atoms with van der Waals surface area (Å²) in [4.78, 5) is 23.9. The summed E-state index contributed by atoms with van der Waals surface area (Å²) in [5.74, 6) is -0.860. The van der Waals surface area contributed by atoms with Crippen LogP contribution in [0.25, 0.3) is 0 Å². The highest BCUT2D eigenvalue weighted by molar-refractivity contribution is 6.08. The van der Waals surface area contributed by atoms with E-state index >= 15 is 0 Å². The minimum atomic E-state index is -0.462. The number of nitrogens with one attached hydrogen (secondary N) is 2. The van der Waals surface area contributed by atoms with Gasteiger partial charge in [-0.05, 0) is 43.2 Å². The lowest BCUT2D eigenvalue weighted by molar-refractivity contribution is -0.123. The van der Waals surface area contributed by atoms with Gasteiger partial charge in [-0.15, -0.1) is 0 Å². The Labute approximate surface area is 134 Å². The van der Waals surface area contributed by atoms with E-state index in [9.17, 15) is 9.59 Å². The van der Waals surface area contributed by atoms with Crippen molar-refractivity contribution in [1.29, 1.82) is 5.26 Å². The first kappa shape index (κ1) is 16.2. The van der Waals surface area contributed by atoms with Crippen molar-refractivity contribution in [3.05, 3.63) is 59.2 Å². The lowest BCUT2D eigenvalue weighted by atomic mass is 10.1. The number of aryl methyl sites for hydroxylation is 1. The van der Waals surface area contributed by atoms with Crippen LogP contribution in [0.4, 0.5) is 11.4 Å². The average molecular weight is 307 g/mol. The topological polar surface area (TPSA) is 82.0 Å². The number of para-hydroxylation sites is 1. The molecule has 0 heterocycles. The van der Waals surface area contributed by atoms with E-state index in [4.69, 9.17) is 5.26 Å². The zero-order valence-corrected chi connectivity index (χ0v) is 13.0. The highest BCUT2D eigenvalue weighted by atomic mass is 16.2. The Balaban J connectivity index is 1.99. The van der Waals surface area contributed by atoms with Crippen LogP contribution in [0, 0.1) is 25.2 Å². The van der Waals surface area contributed by atoms with E-state index in [1.54, 1.807) is 30.3 Å². The number of hydrogen-bond donors (Lipinski definition) is 2. The molecule has 0 saturated heterocycles. The second kappa shape index (κ2) is 7.23. The van der Waals surface area contributed by atoms with E-state index in [0.717, 1.165) is 11.1 Å². The van der Waals surface area contributed by atoms with Crippen LogP contribution >= 0.6 is 0 Å². The molecule has 0 radical (unpaired) electrons. The summed E-state index contributed by atoms with van der Waals surface area (Å²) in [7, 11) is 0. The lowest BCUT2D eigenvalue weighted by Gasteiger charge is -2.11. The number of benzene rings is 2. The SMILES string of the molecule is Cc1cccc(NC(=O)CC(=O)Nc2ccccc2C#N)c1C. The van der Waals surface area contributed by atoms with Crippen molar-refractivity contribution in [2.45, 2.75) is 20.3 Å². The second-order valence-electron chi connectivity index (χ2n) is 5.18. The van der Waals surface area contributed by atoms with Crippen molar-refractivity contribution in [2.24, 2.45) is 0 Å². The van der Waals surface area contributed by atoms with E-state index < -0.39 is 11.8 Å². The molecule has 0 aromatic heterocycles. The van der Waals surface area contributed by atoms with Gasteiger partial charge >= 0.3 is 0 Å².